The van der Waals surface area contributed by atoms with Crippen LogP contribution in [0.3, 0.4) is 0 Å². The number of carbonyl (C=O) groups excluding carboxylic acids is 1. The normalized spacial score (nSPS) is 13.8. The second kappa shape index (κ2) is 13.4. The number of carbonyl (C=O) groups is 1. The Kier molecular flexibility index (Phi) is 9.21. The average molecular weight is 544 g/mol. The molecular weight excluding hydrogens is 509 g/mol. The van der Waals surface area contributed by atoms with Crippen LogP contribution in [-0.2, 0) is 29.7 Å². The molecule has 0 atom stereocenters. The summed E-state index contributed by atoms with van der Waals surface area (Å²) < 4.78 is 33.9. The number of aryl methyl sites for hydroxylation is 1. The van der Waals surface area contributed by atoms with E-state index in [0.717, 1.165) is 24.0 Å². The Hall–Kier alpha value is -4.01. The number of nitrogens with zero attached hydrogens (tertiary/aromatic N) is 3. The predicted molar refractivity (Wildman–Crippen MR) is 150 cm³/mol. The molecule has 1 amide bonds. The number of benzene rings is 3. The Balaban J connectivity index is 1.27. The molecule has 40 heavy (non-hydrogen) atoms. The standard InChI is InChI=1S/C32H34FN3O4/c1-35-21-31(34-23-35)32(37)36(27-12-14-38-15-13-27)20-25-10-11-30(33)29(18-25)26-8-5-9-28(19-26)40-17-16-39-22-24-6-3-2-4-7-24/h2-11,18-19,21,23,27H,12-17,20,22H2,1H3. The Labute approximate surface area is 234 Å². The van der Waals surface area contributed by atoms with Crippen molar-refractivity contribution >= 4 is 5.91 Å². The summed E-state index contributed by atoms with van der Waals surface area (Å²) in [6.45, 7) is 2.91. The van der Waals surface area contributed by atoms with E-state index in [0.29, 0.717) is 62.1 Å². The Morgan fingerprint density at radius 1 is 1.02 bits per heavy atom. The molecule has 1 saturated heterocycles. The topological polar surface area (TPSA) is 65.8 Å². The van der Waals surface area contributed by atoms with E-state index in [1.54, 1.807) is 23.2 Å². The number of ether oxygens (including phenoxy) is 3. The summed E-state index contributed by atoms with van der Waals surface area (Å²) in [6.07, 6.45) is 4.85. The maximum Gasteiger partial charge on any atom is 0.274 e. The van der Waals surface area contributed by atoms with Gasteiger partial charge in [-0.2, -0.15) is 0 Å². The molecule has 0 saturated carbocycles. The lowest BCUT2D eigenvalue weighted by Crippen LogP contribution is -2.43. The van der Waals surface area contributed by atoms with Gasteiger partial charge in [0.15, 0.2) is 0 Å². The van der Waals surface area contributed by atoms with Gasteiger partial charge in [-0.05, 0) is 53.8 Å². The zero-order valence-corrected chi connectivity index (χ0v) is 22.7. The number of aromatic nitrogens is 2. The minimum atomic E-state index is -0.333. The Morgan fingerprint density at radius 2 is 1.85 bits per heavy atom. The zero-order chi connectivity index (χ0) is 27.7. The first-order chi connectivity index (χ1) is 19.6. The molecule has 1 aliphatic heterocycles. The summed E-state index contributed by atoms with van der Waals surface area (Å²) in [5.74, 6) is 0.170. The van der Waals surface area contributed by atoms with Crippen LogP contribution < -0.4 is 4.74 Å². The SMILES string of the molecule is Cn1cnc(C(=O)N(Cc2ccc(F)c(-c3cccc(OCCOCc4ccccc4)c3)c2)C2CCOCC2)c1. The monoisotopic (exact) mass is 543 g/mol. The van der Waals surface area contributed by atoms with E-state index in [2.05, 4.69) is 4.98 Å². The van der Waals surface area contributed by atoms with Gasteiger partial charge in [-0.1, -0.05) is 48.5 Å². The first kappa shape index (κ1) is 27.6. The van der Waals surface area contributed by atoms with Gasteiger partial charge < -0.3 is 23.7 Å². The van der Waals surface area contributed by atoms with E-state index in [-0.39, 0.29) is 17.8 Å². The second-order valence-electron chi connectivity index (χ2n) is 9.93. The first-order valence-corrected chi connectivity index (χ1v) is 13.6. The predicted octanol–water partition coefficient (Wildman–Crippen LogP) is 5.64. The third-order valence-corrected chi connectivity index (χ3v) is 6.95. The molecule has 5 rings (SSSR count). The number of imidazole rings is 1. The molecule has 7 nitrogen and oxygen atoms in total. The molecule has 4 aromatic rings. The molecule has 8 heteroatoms. The van der Waals surface area contributed by atoms with E-state index in [1.165, 1.54) is 6.07 Å². The molecule has 0 spiro atoms. The number of halogens is 1. The van der Waals surface area contributed by atoms with Gasteiger partial charge in [0.1, 0.15) is 23.9 Å². The van der Waals surface area contributed by atoms with E-state index >= 15 is 4.39 Å². The fourth-order valence-corrected chi connectivity index (χ4v) is 4.86. The summed E-state index contributed by atoms with van der Waals surface area (Å²) in [6, 6.07) is 22.4. The van der Waals surface area contributed by atoms with Gasteiger partial charge in [-0.3, -0.25) is 4.79 Å². The van der Waals surface area contributed by atoms with Crippen LogP contribution in [0.25, 0.3) is 11.1 Å². The molecule has 0 unspecified atom stereocenters. The molecule has 0 N–H and O–H groups in total. The lowest BCUT2D eigenvalue weighted by atomic mass is 10.0. The van der Waals surface area contributed by atoms with Gasteiger partial charge in [-0.25, -0.2) is 9.37 Å². The van der Waals surface area contributed by atoms with Crippen LogP contribution in [0.1, 0.15) is 34.5 Å². The quantitative estimate of drug-likeness (QED) is 0.229. The second-order valence-corrected chi connectivity index (χ2v) is 9.93. The molecule has 3 aromatic carbocycles. The van der Waals surface area contributed by atoms with Crippen LogP contribution in [0.15, 0.2) is 85.3 Å². The van der Waals surface area contributed by atoms with Crippen molar-refractivity contribution in [2.24, 2.45) is 7.05 Å². The molecular formula is C32H34FN3O4. The zero-order valence-electron chi connectivity index (χ0n) is 22.7. The van der Waals surface area contributed by atoms with E-state index in [4.69, 9.17) is 14.2 Å². The van der Waals surface area contributed by atoms with Gasteiger partial charge in [0.2, 0.25) is 0 Å². The maximum atomic E-state index is 15.0. The fraction of sp³-hybridized carbons (Fsp3) is 0.312. The van der Waals surface area contributed by atoms with Crippen molar-refractivity contribution in [1.82, 2.24) is 14.5 Å². The highest BCUT2D eigenvalue weighted by molar-refractivity contribution is 5.92. The first-order valence-electron chi connectivity index (χ1n) is 13.6. The summed E-state index contributed by atoms with van der Waals surface area (Å²) in [7, 11) is 1.84. The van der Waals surface area contributed by atoms with Gasteiger partial charge in [0.05, 0.1) is 19.5 Å². The molecule has 0 radical (unpaired) electrons. The summed E-state index contributed by atoms with van der Waals surface area (Å²) >= 11 is 0. The average Bonchev–Trinajstić information content (AvgIpc) is 3.43. The number of amides is 1. The van der Waals surface area contributed by atoms with Crippen LogP contribution in [0.4, 0.5) is 4.39 Å². The van der Waals surface area contributed by atoms with E-state index < -0.39 is 0 Å². The van der Waals surface area contributed by atoms with Crippen molar-refractivity contribution in [3.63, 3.8) is 0 Å². The Bertz CT molecular complexity index is 1400. The van der Waals surface area contributed by atoms with Gasteiger partial charge >= 0.3 is 0 Å². The van der Waals surface area contributed by atoms with Crippen molar-refractivity contribution in [1.29, 1.82) is 0 Å². The summed E-state index contributed by atoms with van der Waals surface area (Å²) in [5.41, 5.74) is 3.51. The minimum Gasteiger partial charge on any atom is -0.491 e. The highest BCUT2D eigenvalue weighted by Crippen LogP contribution is 2.29. The number of hydrogen-bond donors (Lipinski definition) is 0. The Morgan fingerprint density at radius 3 is 2.62 bits per heavy atom. The van der Waals surface area contributed by atoms with E-state index in [1.807, 2.05) is 72.6 Å². The van der Waals surface area contributed by atoms with Gasteiger partial charge in [0, 0.05) is 44.6 Å². The van der Waals surface area contributed by atoms with Crippen LogP contribution >= 0.6 is 0 Å². The summed E-state index contributed by atoms with van der Waals surface area (Å²) in [4.78, 5) is 19.6. The fourth-order valence-electron chi connectivity index (χ4n) is 4.86. The third kappa shape index (κ3) is 7.14. The van der Waals surface area contributed by atoms with Crippen LogP contribution in [0.5, 0.6) is 5.75 Å². The maximum absolute atomic E-state index is 15.0. The lowest BCUT2D eigenvalue weighted by Gasteiger charge is -2.34. The molecule has 1 fully saturated rings. The van der Waals surface area contributed by atoms with E-state index in [9.17, 15) is 4.79 Å². The van der Waals surface area contributed by atoms with Crippen LogP contribution in [0.2, 0.25) is 0 Å². The number of rotatable bonds is 11. The van der Waals surface area contributed by atoms with Crippen molar-refractivity contribution in [3.05, 3.63) is 108 Å². The molecule has 1 aromatic heterocycles. The third-order valence-electron chi connectivity index (χ3n) is 6.95. The molecule has 208 valence electrons. The molecule has 0 bridgehead atoms. The molecule has 1 aliphatic rings. The van der Waals surface area contributed by atoms with Crippen molar-refractivity contribution in [2.75, 3.05) is 26.4 Å². The van der Waals surface area contributed by atoms with Gasteiger partial charge in [0.25, 0.3) is 5.91 Å². The van der Waals surface area contributed by atoms with Crippen LogP contribution in [-0.4, -0.2) is 52.8 Å². The van der Waals surface area contributed by atoms with Gasteiger partial charge in [-0.15, -0.1) is 0 Å². The van der Waals surface area contributed by atoms with Crippen molar-refractivity contribution in [2.45, 2.75) is 32.0 Å². The smallest absolute Gasteiger partial charge is 0.274 e. The molecule has 0 aliphatic carbocycles. The van der Waals surface area contributed by atoms with Crippen LogP contribution in [0, 0.1) is 5.82 Å². The summed E-state index contributed by atoms with van der Waals surface area (Å²) in [5, 5.41) is 0. The lowest BCUT2D eigenvalue weighted by molar-refractivity contribution is 0.0264. The van der Waals surface area contributed by atoms with Crippen molar-refractivity contribution < 1.29 is 23.4 Å². The molecule has 2 heterocycles. The minimum absolute atomic E-state index is 0.0256. The van der Waals surface area contributed by atoms with Crippen molar-refractivity contribution in [3.8, 4) is 16.9 Å². The largest absolute Gasteiger partial charge is 0.491 e. The number of hydrogen-bond acceptors (Lipinski definition) is 5. The highest BCUT2D eigenvalue weighted by atomic mass is 19.1. The highest BCUT2D eigenvalue weighted by Gasteiger charge is 2.28.